The van der Waals surface area contributed by atoms with Gasteiger partial charge in [0.2, 0.25) is 0 Å². The van der Waals surface area contributed by atoms with Gasteiger partial charge in [-0.3, -0.25) is 0 Å². The monoisotopic (exact) mass is 317 g/mol. The van der Waals surface area contributed by atoms with Gasteiger partial charge >= 0.3 is 12.1 Å². The molecule has 0 aliphatic heterocycles. The number of benzene rings is 1. The molecule has 0 saturated heterocycles. The predicted octanol–water partition coefficient (Wildman–Crippen LogP) is 3.34. The van der Waals surface area contributed by atoms with Gasteiger partial charge in [-0.25, -0.2) is 9.59 Å². The number of aliphatic carboxylic acids is 1. The molecule has 23 heavy (non-hydrogen) atoms. The molecule has 0 radical (unpaired) electrons. The molecular weight excluding hydrogens is 294 g/mol. The second kappa shape index (κ2) is 6.60. The van der Waals surface area contributed by atoms with Crippen molar-refractivity contribution in [3.63, 3.8) is 0 Å². The van der Waals surface area contributed by atoms with Crippen LogP contribution in [-0.4, -0.2) is 23.2 Å². The number of rotatable bonds is 6. The summed E-state index contributed by atoms with van der Waals surface area (Å²) in [5.41, 5.74) is 1.39. The maximum absolute atomic E-state index is 11.8. The summed E-state index contributed by atoms with van der Waals surface area (Å²) in [6.07, 6.45) is 5.92. The Morgan fingerprint density at radius 1 is 1.26 bits per heavy atom. The average molecular weight is 317 g/mol. The smallest absolute Gasteiger partial charge is 0.408 e. The van der Waals surface area contributed by atoms with E-state index in [0.717, 1.165) is 18.4 Å². The molecule has 2 N–H and O–H groups in total. The molecule has 5 heteroatoms. The van der Waals surface area contributed by atoms with Crippen molar-refractivity contribution in [2.45, 2.75) is 51.2 Å². The van der Waals surface area contributed by atoms with Crippen LogP contribution in [-0.2, 0) is 16.1 Å². The summed E-state index contributed by atoms with van der Waals surface area (Å²) < 4.78 is 5.10. The van der Waals surface area contributed by atoms with E-state index in [9.17, 15) is 14.7 Å². The molecule has 3 rings (SSSR count). The molecule has 5 nitrogen and oxygen atoms in total. The van der Waals surface area contributed by atoms with Crippen molar-refractivity contribution in [1.29, 1.82) is 0 Å². The molecule has 1 atom stereocenters. The number of hydrogen-bond donors (Lipinski definition) is 2. The highest BCUT2D eigenvalue weighted by atomic mass is 16.5. The van der Waals surface area contributed by atoms with E-state index in [0.29, 0.717) is 17.8 Å². The SMILES string of the molecule is O=C(N[C@@H](CC1CC2(CCC2)C1)C(=O)O)OCc1ccccc1. The third-order valence-electron chi connectivity index (χ3n) is 5.23. The van der Waals surface area contributed by atoms with Crippen molar-refractivity contribution in [2.24, 2.45) is 11.3 Å². The van der Waals surface area contributed by atoms with Crippen LogP contribution >= 0.6 is 0 Å². The van der Waals surface area contributed by atoms with Crippen molar-refractivity contribution >= 4 is 12.1 Å². The van der Waals surface area contributed by atoms with Crippen LogP contribution in [0.25, 0.3) is 0 Å². The largest absolute Gasteiger partial charge is 0.480 e. The van der Waals surface area contributed by atoms with Gasteiger partial charge in [0.15, 0.2) is 0 Å². The summed E-state index contributed by atoms with van der Waals surface area (Å²) in [6.45, 7) is 0.144. The van der Waals surface area contributed by atoms with E-state index in [1.54, 1.807) is 0 Å². The molecule has 2 saturated carbocycles. The lowest BCUT2D eigenvalue weighted by molar-refractivity contribution is -0.141. The number of carbonyl (C=O) groups is 2. The van der Waals surface area contributed by atoms with Gasteiger partial charge in [-0.1, -0.05) is 36.8 Å². The topological polar surface area (TPSA) is 75.6 Å². The predicted molar refractivity (Wildman–Crippen MR) is 84.8 cm³/mol. The first kappa shape index (κ1) is 15.8. The molecule has 1 aromatic rings. The molecule has 124 valence electrons. The third-order valence-corrected chi connectivity index (χ3v) is 5.23. The van der Waals surface area contributed by atoms with Crippen LogP contribution in [0.3, 0.4) is 0 Å². The van der Waals surface area contributed by atoms with Crippen LogP contribution in [0.15, 0.2) is 30.3 Å². The van der Waals surface area contributed by atoms with Crippen molar-refractivity contribution in [3.8, 4) is 0 Å². The normalized spacial score (nSPS) is 20.2. The number of nitrogens with one attached hydrogen (secondary N) is 1. The van der Waals surface area contributed by atoms with E-state index in [4.69, 9.17) is 4.74 Å². The zero-order valence-electron chi connectivity index (χ0n) is 13.2. The Labute approximate surface area is 136 Å². The molecule has 0 heterocycles. The lowest BCUT2D eigenvalue weighted by Gasteiger charge is -2.54. The molecule has 0 aromatic heterocycles. The van der Waals surface area contributed by atoms with E-state index >= 15 is 0 Å². The standard InChI is InChI=1S/C18H23NO4/c20-16(21)15(9-14-10-18(11-14)7-4-8-18)19-17(22)23-12-13-5-2-1-3-6-13/h1-3,5-6,14-15H,4,7-12H2,(H,19,22)(H,20,21)/t15-/m0/s1. The number of carboxylic acid groups (broad SMARTS) is 1. The van der Waals surface area contributed by atoms with E-state index in [1.807, 2.05) is 30.3 Å². The summed E-state index contributed by atoms with van der Waals surface area (Å²) in [5.74, 6) is -0.581. The van der Waals surface area contributed by atoms with E-state index < -0.39 is 18.1 Å². The molecule has 1 aromatic carbocycles. The fourth-order valence-electron chi connectivity index (χ4n) is 3.88. The zero-order chi connectivity index (χ0) is 16.3. The first-order valence-corrected chi connectivity index (χ1v) is 8.26. The number of ether oxygens (including phenoxy) is 1. The van der Waals surface area contributed by atoms with Crippen LogP contribution in [0.4, 0.5) is 4.79 Å². The minimum Gasteiger partial charge on any atom is -0.480 e. The first-order chi connectivity index (χ1) is 11.1. The van der Waals surface area contributed by atoms with E-state index in [1.165, 1.54) is 19.3 Å². The molecule has 0 unspecified atom stereocenters. The van der Waals surface area contributed by atoms with Gasteiger partial charge in [0, 0.05) is 0 Å². The summed E-state index contributed by atoms with van der Waals surface area (Å²) in [5, 5.41) is 11.8. The summed E-state index contributed by atoms with van der Waals surface area (Å²) in [6, 6.07) is 8.47. The fourth-order valence-corrected chi connectivity index (χ4v) is 3.88. The Morgan fingerprint density at radius 2 is 1.96 bits per heavy atom. The van der Waals surface area contributed by atoms with Gasteiger partial charge in [-0.15, -0.1) is 0 Å². The summed E-state index contributed by atoms with van der Waals surface area (Å²) >= 11 is 0. The third kappa shape index (κ3) is 3.84. The molecular formula is C18H23NO4. The Kier molecular flexibility index (Phi) is 4.55. The maximum Gasteiger partial charge on any atom is 0.408 e. The van der Waals surface area contributed by atoms with Crippen LogP contribution in [0.1, 0.15) is 44.1 Å². The van der Waals surface area contributed by atoms with Crippen LogP contribution in [0.2, 0.25) is 0 Å². The first-order valence-electron chi connectivity index (χ1n) is 8.26. The van der Waals surface area contributed by atoms with Gasteiger partial charge in [-0.2, -0.15) is 0 Å². The van der Waals surface area contributed by atoms with Gasteiger partial charge in [0.25, 0.3) is 0 Å². The van der Waals surface area contributed by atoms with Crippen LogP contribution < -0.4 is 5.32 Å². The van der Waals surface area contributed by atoms with Gasteiger partial charge in [-0.05, 0) is 49.0 Å². The highest BCUT2D eigenvalue weighted by molar-refractivity contribution is 5.79. The Hall–Kier alpha value is -2.04. The molecule has 0 bridgehead atoms. The van der Waals surface area contributed by atoms with E-state index in [2.05, 4.69) is 5.32 Å². The number of carboxylic acids is 1. The molecule has 1 spiro atoms. The van der Waals surface area contributed by atoms with Gasteiger partial charge < -0.3 is 15.2 Å². The number of carbonyl (C=O) groups excluding carboxylic acids is 1. The van der Waals surface area contributed by atoms with Gasteiger partial charge in [0.05, 0.1) is 0 Å². The Morgan fingerprint density at radius 3 is 2.52 bits per heavy atom. The zero-order valence-corrected chi connectivity index (χ0v) is 13.2. The molecule has 2 aliphatic rings. The number of amides is 1. The lowest BCUT2D eigenvalue weighted by atomic mass is 9.51. The molecule has 1 amide bonds. The van der Waals surface area contributed by atoms with E-state index in [-0.39, 0.29) is 6.61 Å². The summed E-state index contributed by atoms with van der Waals surface area (Å²) in [4.78, 5) is 23.2. The summed E-state index contributed by atoms with van der Waals surface area (Å²) in [7, 11) is 0. The molecule has 2 fully saturated rings. The highest BCUT2D eigenvalue weighted by Crippen LogP contribution is 2.59. The van der Waals surface area contributed by atoms with Crippen LogP contribution in [0, 0.1) is 11.3 Å². The van der Waals surface area contributed by atoms with Crippen LogP contribution in [0.5, 0.6) is 0 Å². The van der Waals surface area contributed by atoms with Crippen molar-refractivity contribution in [3.05, 3.63) is 35.9 Å². The average Bonchev–Trinajstić information content (AvgIpc) is 2.46. The Bertz CT molecular complexity index is 560. The molecule has 2 aliphatic carbocycles. The second-order valence-corrected chi connectivity index (χ2v) is 6.96. The highest BCUT2D eigenvalue weighted by Gasteiger charge is 2.48. The fraction of sp³-hybridized carbons (Fsp3) is 0.556. The number of alkyl carbamates (subject to hydrolysis) is 1. The maximum atomic E-state index is 11.8. The quantitative estimate of drug-likeness (QED) is 0.844. The lowest BCUT2D eigenvalue weighted by Crippen LogP contribution is -2.48. The van der Waals surface area contributed by atoms with Crippen molar-refractivity contribution < 1.29 is 19.4 Å². The van der Waals surface area contributed by atoms with Crippen molar-refractivity contribution in [1.82, 2.24) is 5.32 Å². The van der Waals surface area contributed by atoms with Gasteiger partial charge in [0.1, 0.15) is 12.6 Å². The number of hydrogen-bond acceptors (Lipinski definition) is 3. The Balaban J connectivity index is 1.43. The minimum atomic E-state index is -0.990. The van der Waals surface area contributed by atoms with Crippen molar-refractivity contribution in [2.75, 3.05) is 0 Å². The minimum absolute atomic E-state index is 0.144. The second-order valence-electron chi connectivity index (χ2n) is 6.96.